The molecule has 0 aliphatic rings. The summed E-state index contributed by atoms with van der Waals surface area (Å²) in [5.74, 6) is -0.128. The third-order valence-corrected chi connectivity index (χ3v) is 4.15. The van der Waals surface area contributed by atoms with Gasteiger partial charge in [0.15, 0.2) is 0 Å². The summed E-state index contributed by atoms with van der Waals surface area (Å²) >= 11 is 0. The summed E-state index contributed by atoms with van der Waals surface area (Å²) < 4.78 is 0. The fourth-order valence-corrected chi connectivity index (χ4v) is 2.60. The lowest BCUT2D eigenvalue weighted by atomic mass is 10.1. The molecule has 0 aliphatic heterocycles. The van der Waals surface area contributed by atoms with Gasteiger partial charge in [0, 0.05) is 35.1 Å². The maximum atomic E-state index is 12.2. The largest absolute Gasteiger partial charge is 0.376 e. The molecule has 0 aliphatic carbocycles. The van der Waals surface area contributed by atoms with Crippen molar-refractivity contribution < 1.29 is 14.4 Å². The quantitative estimate of drug-likeness (QED) is 0.495. The summed E-state index contributed by atoms with van der Waals surface area (Å²) in [6.07, 6.45) is 0.475. The first kappa shape index (κ1) is 22.9. The molecule has 0 saturated heterocycles. The number of anilines is 4. The summed E-state index contributed by atoms with van der Waals surface area (Å²) in [4.78, 5) is 35.8. The van der Waals surface area contributed by atoms with Gasteiger partial charge in [0.2, 0.25) is 17.7 Å². The molecule has 0 saturated carbocycles. The van der Waals surface area contributed by atoms with E-state index in [1.807, 2.05) is 27.7 Å². The van der Waals surface area contributed by atoms with Crippen molar-refractivity contribution in [2.24, 2.45) is 11.8 Å². The molecule has 0 radical (unpaired) electrons. The van der Waals surface area contributed by atoms with E-state index in [9.17, 15) is 14.4 Å². The van der Waals surface area contributed by atoms with Crippen LogP contribution < -0.4 is 21.3 Å². The summed E-state index contributed by atoms with van der Waals surface area (Å²) in [7, 11) is 0. The Morgan fingerprint density at radius 3 is 1.90 bits per heavy atom. The molecule has 2 aromatic carbocycles. The van der Waals surface area contributed by atoms with Crippen LogP contribution in [0.25, 0.3) is 0 Å². The monoisotopic (exact) mass is 410 g/mol. The van der Waals surface area contributed by atoms with E-state index in [1.165, 1.54) is 0 Å². The number of amides is 3. The smallest absolute Gasteiger partial charge is 0.243 e. The van der Waals surface area contributed by atoms with Crippen molar-refractivity contribution in [3.05, 3.63) is 48.5 Å². The van der Waals surface area contributed by atoms with E-state index >= 15 is 0 Å². The van der Waals surface area contributed by atoms with Crippen LogP contribution in [0.15, 0.2) is 48.5 Å². The lowest BCUT2D eigenvalue weighted by molar-refractivity contribution is -0.119. The summed E-state index contributed by atoms with van der Waals surface area (Å²) in [6, 6.07) is 14.2. The average molecular weight is 411 g/mol. The topological polar surface area (TPSA) is 99.3 Å². The van der Waals surface area contributed by atoms with E-state index in [2.05, 4.69) is 21.3 Å². The third-order valence-electron chi connectivity index (χ3n) is 4.15. The molecule has 0 atom stereocenters. The van der Waals surface area contributed by atoms with Crippen LogP contribution in [0.3, 0.4) is 0 Å². The van der Waals surface area contributed by atoms with Gasteiger partial charge in [0.25, 0.3) is 0 Å². The molecular weight excluding hydrogens is 380 g/mol. The highest BCUT2D eigenvalue weighted by Gasteiger charge is 2.09. The molecule has 3 amide bonds. The normalized spacial score (nSPS) is 10.6. The molecule has 4 N–H and O–H groups in total. The highest BCUT2D eigenvalue weighted by Crippen LogP contribution is 2.17. The first-order valence-electron chi connectivity index (χ1n) is 10.1. The van der Waals surface area contributed by atoms with Crippen LogP contribution in [0.2, 0.25) is 0 Å². The predicted octanol–water partition coefficient (Wildman–Crippen LogP) is 4.32. The zero-order valence-electron chi connectivity index (χ0n) is 17.9. The third kappa shape index (κ3) is 7.95. The molecule has 0 aromatic heterocycles. The Morgan fingerprint density at radius 2 is 1.30 bits per heavy atom. The van der Waals surface area contributed by atoms with Gasteiger partial charge in [0.1, 0.15) is 0 Å². The maximum Gasteiger partial charge on any atom is 0.243 e. The number of nitrogens with one attached hydrogen (secondary N) is 4. The van der Waals surface area contributed by atoms with Gasteiger partial charge in [-0.3, -0.25) is 14.4 Å². The van der Waals surface area contributed by atoms with E-state index < -0.39 is 0 Å². The molecule has 2 rings (SSSR count). The zero-order chi connectivity index (χ0) is 22.1. The van der Waals surface area contributed by atoms with Crippen LogP contribution in [0, 0.1) is 11.8 Å². The van der Waals surface area contributed by atoms with Crippen molar-refractivity contribution in [2.45, 2.75) is 34.1 Å². The van der Waals surface area contributed by atoms with Gasteiger partial charge in [-0.1, -0.05) is 33.8 Å². The Labute approximate surface area is 177 Å². The SMILES string of the molecule is CC(C)CC(=O)Nc1ccc(NCC(=O)Nc2cccc(NC(=O)C(C)C)c2)cc1. The number of benzene rings is 2. The predicted molar refractivity (Wildman–Crippen MR) is 122 cm³/mol. The molecule has 7 heteroatoms. The van der Waals surface area contributed by atoms with E-state index in [-0.39, 0.29) is 30.2 Å². The molecule has 0 fully saturated rings. The molecular formula is C23H30N4O3. The molecule has 2 aromatic rings. The molecule has 0 unspecified atom stereocenters. The number of hydrogen-bond donors (Lipinski definition) is 4. The standard InChI is InChI=1S/C23H30N4O3/c1-15(2)12-21(28)25-18-10-8-17(9-11-18)24-14-22(29)26-19-6-5-7-20(13-19)27-23(30)16(3)4/h5-11,13,15-16,24H,12,14H2,1-4H3,(H,25,28)(H,26,29)(H,27,30). The number of carbonyl (C=O) groups excluding carboxylic acids is 3. The zero-order valence-corrected chi connectivity index (χ0v) is 17.9. The van der Waals surface area contributed by atoms with E-state index in [4.69, 9.17) is 0 Å². The lowest BCUT2D eigenvalue weighted by Crippen LogP contribution is -2.22. The Kier molecular flexibility index (Phi) is 8.41. The summed E-state index contributed by atoms with van der Waals surface area (Å²) in [5.41, 5.74) is 2.72. The number of carbonyl (C=O) groups is 3. The molecule has 0 spiro atoms. The van der Waals surface area contributed by atoms with Crippen LogP contribution in [0.4, 0.5) is 22.7 Å². The minimum Gasteiger partial charge on any atom is -0.376 e. The van der Waals surface area contributed by atoms with Crippen LogP contribution >= 0.6 is 0 Å². The highest BCUT2D eigenvalue weighted by molar-refractivity contribution is 5.96. The van der Waals surface area contributed by atoms with E-state index in [0.717, 1.165) is 11.4 Å². The minimum absolute atomic E-state index is 0.0168. The molecule has 160 valence electrons. The van der Waals surface area contributed by atoms with Gasteiger partial charge in [0.05, 0.1) is 6.54 Å². The van der Waals surface area contributed by atoms with Gasteiger partial charge >= 0.3 is 0 Å². The van der Waals surface area contributed by atoms with Crippen molar-refractivity contribution in [3.8, 4) is 0 Å². The Balaban J connectivity index is 1.83. The highest BCUT2D eigenvalue weighted by atomic mass is 16.2. The number of hydrogen-bond acceptors (Lipinski definition) is 4. The lowest BCUT2D eigenvalue weighted by Gasteiger charge is -2.11. The van der Waals surface area contributed by atoms with Crippen LogP contribution in [-0.4, -0.2) is 24.3 Å². The van der Waals surface area contributed by atoms with Crippen molar-refractivity contribution in [3.63, 3.8) is 0 Å². The fraction of sp³-hybridized carbons (Fsp3) is 0.348. The minimum atomic E-state index is -0.211. The second-order valence-corrected chi connectivity index (χ2v) is 7.85. The van der Waals surface area contributed by atoms with Gasteiger partial charge in [-0.2, -0.15) is 0 Å². The fourth-order valence-electron chi connectivity index (χ4n) is 2.60. The van der Waals surface area contributed by atoms with E-state index in [1.54, 1.807) is 48.5 Å². The summed E-state index contributed by atoms with van der Waals surface area (Å²) in [5, 5.41) is 11.5. The molecule has 30 heavy (non-hydrogen) atoms. The first-order valence-corrected chi connectivity index (χ1v) is 10.1. The molecule has 0 bridgehead atoms. The first-order chi connectivity index (χ1) is 14.2. The second kappa shape index (κ2) is 11.0. The van der Waals surface area contributed by atoms with Gasteiger partial charge < -0.3 is 21.3 Å². The van der Waals surface area contributed by atoms with Crippen LogP contribution in [0.5, 0.6) is 0 Å². The van der Waals surface area contributed by atoms with Gasteiger partial charge in [-0.15, -0.1) is 0 Å². The maximum absolute atomic E-state index is 12.2. The Bertz CT molecular complexity index is 876. The van der Waals surface area contributed by atoms with Crippen LogP contribution in [0.1, 0.15) is 34.1 Å². The Morgan fingerprint density at radius 1 is 0.733 bits per heavy atom. The van der Waals surface area contributed by atoms with Crippen LogP contribution in [-0.2, 0) is 14.4 Å². The van der Waals surface area contributed by atoms with Crippen molar-refractivity contribution in [1.29, 1.82) is 0 Å². The van der Waals surface area contributed by atoms with Crippen molar-refractivity contribution in [2.75, 3.05) is 27.8 Å². The van der Waals surface area contributed by atoms with E-state index in [0.29, 0.717) is 23.7 Å². The summed E-state index contributed by atoms with van der Waals surface area (Å²) in [6.45, 7) is 7.71. The van der Waals surface area contributed by atoms with Gasteiger partial charge in [-0.25, -0.2) is 0 Å². The van der Waals surface area contributed by atoms with Crippen molar-refractivity contribution >= 4 is 40.5 Å². The average Bonchev–Trinajstić information content (AvgIpc) is 2.67. The Hall–Kier alpha value is -3.35. The second-order valence-electron chi connectivity index (χ2n) is 7.85. The van der Waals surface area contributed by atoms with Crippen molar-refractivity contribution in [1.82, 2.24) is 0 Å². The molecule has 0 heterocycles. The van der Waals surface area contributed by atoms with Gasteiger partial charge in [-0.05, 0) is 48.4 Å². The number of rotatable bonds is 9. The molecule has 7 nitrogen and oxygen atoms in total.